The molecule has 1 aliphatic rings. The molecule has 1 aliphatic heterocycles. The summed E-state index contributed by atoms with van der Waals surface area (Å²) in [5.74, 6) is 0.146. The van der Waals surface area contributed by atoms with Crippen molar-refractivity contribution in [3.63, 3.8) is 0 Å². The highest BCUT2D eigenvalue weighted by Gasteiger charge is 2.26. The summed E-state index contributed by atoms with van der Waals surface area (Å²) in [6.07, 6.45) is -0.587. The molecule has 2 aromatic rings. The summed E-state index contributed by atoms with van der Waals surface area (Å²) in [6.45, 7) is 6.76. The first-order chi connectivity index (χ1) is 12.0. The molecule has 1 atom stereocenters. The van der Waals surface area contributed by atoms with Gasteiger partial charge in [0.15, 0.2) is 6.10 Å². The molecule has 0 aliphatic carbocycles. The van der Waals surface area contributed by atoms with Crippen molar-refractivity contribution >= 4 is 11.6 Å². The van der Waals surface area contributed by atoms with E-state index >= 15 is 0 Å². The van der Waals surface area contributed by atoms with Gasteiger partial charge in [0.1, 0.15) is 11.6 Å². The van der Waals surface area contributed by atoms with E-state index in [-0.39, 0.29) is 11.7 Å². The monoisotopic (exact) mass is 342 g/mol. The van der Waals surface area contributed by atoms with Crippen molar-refractivity contribution in [2.45, 2.75) is 20.0 Å². The van der Waals surface area contributed by atoms with E-state index in [1.165, 1.54) is 35.5 Å². The molecule has 2 aromatic carbocycles. The lowest BCUT2D eigenvalue weighted by Crippen LogP contribution is -2.52. The van der Waals surface area contributed by atoms with Crippen molar-refractivity contribution in [3.05, 3.63) is 59.9 Å². The number of piperazine rings is 1. The second-order valence-corrected chi connectivity index (χ2v) is 6.37. The van der Waals surface area contributed by atoms with Crippen LogP contribution in [0.4, 0.5) is 10.1 Å². The molecule has 1 heterocycles. The summed E-state index contributed by atoms with van der Waals surface area (Å²) in [5, 5.41) is 0. The Hall–Kier alpha value is -2.56. The second-order valence-electron chi connectivity index (χ2n) is 6.37. The molecular formula is C20H23FN2O2. The number of nitrogens with zero attached hydrogens (tertiary/aromatic N) is 2. The number of benzene rings is 2. The van der Waals surface area contributed by atoms with Crippen LogP contribution in [-0.2, 0) is 4.79 Å². The van der Waals surface area contributed by atoms with Gasteiger partial charge in [-0.05, 0) is 55.8 Å². The summed E-state index contributed by atoms with van der Waals surface area (Å²) in [5.41, 5.74) is 2.43. The van der Waals surface area contributed by atoms with Gasteiger partial charge in [0.25, 0.3) is 5.91 Å². The summed E-state index contributed by atoms with van der Waals surface area (Å²) >= 11 is 0. The van der Waals surface area contributed by atoms with Crippen molar-refractivity contribution in [1.82, 2.24) is 4.90 Å². The van der Waals surface area contributed by atoms with Gasteiger partial charge in [0, 0.05) is 31.9 Å². The average molecular weight is 342 g/mol. The minimum absolute atomic E-state index is 0.0341. The SMILES string of the molecule is Cc1cccc(N2CCN(C(=O)[C@H](C)Oc3ccc(F)cc3)CC2)c1. The van der Waals surface area contributed by atoms with Gasteiger partial charge in [-0.25, -0.2) is 4.39 Å². The molecule has 0 spiro atoms. The number of anilines is 1. The maximum atomic E-state index is 12.9. The number of ether oxygens (including phenoxy) is 1. The van der Waals surface area contributed by atoms with Crippen LogP contribution in [0.25, 0.3) is 0 Å². The van der Waals surface area contributed by atoms with Crippen LogP contribution in [0, 0.1) is 12.7 Å². The van der Waals surface area contributed by atoms with Crippen molar-refractivity contribution in [2.24, 2.45) is 0 Å². The topological polar surface area (TPSA) is 32.8 Å². The summed E-state index contributed by atoms with van der Waals surface area (Å²) < 4.78 is 18.6. The Labute approximate surface area is 147 Å². The highest BCUT2D eigenvalue weighted by molar-refractivity contribution is 5.81. The Morgan fingerprint density at radius 3 is 2.40 bits per heavy atom. The number of hydrogen-bond acceptors (Lipinski definition) is 3. The van der Waals surface area contributed by atoms with Crippen LogP contribution >= 0.6 is 0 Å². The predicted octanol–water partition coefficient (Wildman–Crippen LogP) is 3.25. The first-order valence-electron chi connectivity index (χ1n) is 8.55. The maximum Gasteiger partial charge on any atom is 0.263 e. The van der Waals surface area contributed by atoms with Crippen LogP contribution in [0.15, 0.2) is 48.5 Å². The highest BCUT2D eigenvalue weighted by atomic mass is 19.1. The number of carbonyl (C=O) groups excluding carboxylic acids is 1. The van der Waals surface area contributed by atoms with Gasteiger partial charge in [0.2, 0.25) is 0 Å². The smallest absolute Gasteiger partial charge is 0.263 e. The zero-order chi connectivity index (χ0) is 17.8. The van der Waals surface area contributed by atoms with Crippen LogP contribution in [0.3, 0.4) is 0 Å². The highest BCUT2D eigenvalue weighted by Crippen LogP contribution is 2.19. The molecule has 0 radical (unpaired) electrons. The minimum atomic E-state index is -0.587. The van der Waals surface area contributed by atoms with Crippen LogP contribution in [0.5, 0.6) is 5.75 Å². The zero-order valence-electron chi connectivity index (χ0n) is 14.6. The molecule has 132 valence electrons. The van der Waals surface area contributed by atoms with Gasteiger partial charge in [-0.1, -0.05) is 12.1 Å². The lowest BCUT2D eigenvalue weighted by molar-refractivity contribution is -0.138. The van der Waals surface area contributed by atoms with Crippen molar-refractivity contribution in [2.75, 3.05) is 31.1 Å². The van der Waals surface area contributed by atoms with Gasteiger partial charge in [0.05, 0.1) is 0 Å². The molecule has 1 amide bonds. The molecule has 0 saturated carbocycles. The quantitative estimate of drug-likeness (QED) is 0.855. The number of rotatable bonds is 4. The standard InChI is InChI=1S/C20H23FN2O2/c1-15-4-3-5-18(14-15)22-10-12-23(13-11-22)20(24)16(2)25-19-8-6-17(21)7-9-19/h3-9,14,16H,10-13H2,1-2H3/t16-/m0/s1. The Morgan fingerprint density at radius 2 is 1.76 bits per heavy atom. The normalized spacial score (nSPS) is 15.8. The maximum absolute atomic E-state index is 12.9. The van der Waals surface area contributed by atoms with Gasteiger partial charge in [-0.2, -0.15) is 0 Å². The molecule has 5 heteroatoms. The van der Waals surface area contributed by atoms with Crippen LogP contribution in [0.1, 0.15) is 12.5 Å². The minimum Gasteiger partial charge on any atom is -0.481 e. The first-order valence-corrected chi connectivity index (χ1v) is 8.55. The second kappa shape index (κ2) is 7.55. The first kappa shape index (κ1) is 17.3. The lowest BCUT2D eigenvalue weighted by Gasteiger charge is -2.37. The van der Waals surface area contributed by atoms with E-state index < -0.39 is 6.10 Å². The fourth-order valence-corrected chi connectivity index (χ4v) is 3.03. The van der Waals surface area contributed by atoms with E-state index in [4.69, 9.17) is 4.74 Å². The molecule has 1 saturated heterocycles. The van der Waals surface area contributed by atoms with Gasteiger partial charge >= 0.3 is 0 Å². The van der Waals surface area contributed by atoms with E-state index in [0.29, 0.717) is 18.8 Å². The summed E-state index contributed by atoms with van der Waals surface area (Å²) in [7, 11) is 0. The molecule has 0 N–H and O–H groups in total. The summed E-state index contributed by atoms with van der Waals surface area (Å²) in [4.78, 5) is 16.7. The Morgan fingerprint density at radius 1 is 1.08 bits per heavy atom. The number of hydrogen-bond donors (Lipinski definition) is 0. The predicted molar refractivity (Wildman–Crippen MR) is 96.5 cm³/mol. The van der Waals surface area contributed by atoms with E-state index in [9.17, 15) is 9.18 Å². The van der Waals surface area contributed by atoms with E-state index in [1.54, 1.807) is 6.92 Å². The molecule has 0 aromatic heterocycles. The molecule has 3 rings (SSSR count). The van der Waals surface area contributed by atoms with Gasteiger partial charge in [-0.15, -0.1) is 0 Å². The number of amides is 1. The third-order valence-electron chi connectivity index (χ3n) is 4.43. The van der Waals surface area contributed by atoms with Crippen molar-refractivity contribution in [3.8, 4) is 5.75 Å². The molecule has 25 heavy (non-hydrogen) atoms. The van der Waals surface area contributed by atoms with Gasteiger partial charge < -0.3 is 14.5 Å². The molecule has 0 bridgehead atoms. The third kappa shape index (κ3) is 4.29. The average Bonchev–Trinajstić information content (AvgIpc) is 2.63. The number of halogens is 1. The summed E-state index contributed by atoms with van der Waals surface area (Å²) in [6, 6.07) is 14.1. The van der Waals surface area contributed by atoms with Gasteiger partial charge in [-0.3, -0.25) is 4.79 Å². The largest absolute Gasteiger partial charge is 0.481 e. The van der Waals surface area contributed by atoms with Crippen LogP contribution in [-0.4, -0.2) is 43.1 Å². The van der Waals surface area contributed by atoms with E-state index in [2.05, 4.69) is 36.1 Å². The lowest BCUT2D eigenvalue weighted by atomic mass is 10.2. The van der Waals surface area contributed by atoms with Crippen molar-refractivity contribution < 1.29 is 13.9 Å². The number of aryl methyl sites for hydroxylation is 1. The fourth-order valence-electron chi connectivity index (χ4n) is 3.03. The molecule has 0 unspecified atom stereocenters. The Balaban J connectivity index is 1.54. The molecule has 4 nitrogen and oxygen atoms in total. The van der Waals surface area contributed by atoms with E-state index in [0.717, 1.165) is 13.1 Å². The van der Waals surface area contributed by atoms with Crippen LogP contribution < -0.4 is 9.64 Å². The molecular weight excluding hydrogens is 319 g/mol. The molecule has 1 fully saturated rings. The third-order valence-corrected chi connectivity index (χ3v) is 4.43. The van der Waals surface area contributed by atoms with Crippen LogP contribution in [0.2, 0.25) is 0 Å². The zero-order valence-corrected chi connectivity index (χ0v) is 14.6. The van der Waals surface area contributed by atoms with Crippen molar-refractivity contribution in [1.29, 1.82) is 0 Å². The van der Waals surface area contributed by atoms with E-state index in [1.807, 2.05) is 4.90 Å². The number of carbonyl (C=O) groups is 1. The Bertz CT molecular complexity index is 725. The Kier molecular flexibility index (Phi) is 5.22. The fraction of sp³-hybridized carbons (Fsp3) is 0.350.